The average Bonchev–Trinajstić information content (AvgIpc) is 2.95. The molecule has 2 rings (SSSR count). The molecule has 0 aromatic carbocycles. The first-order valence-electron chi connectivity index (χ1n) is 7.11. The Balaban J connectivity index is 2.01. The first kappa shape index (κ1) is 14.7. The first-order valence-corrected chi connectivity index (χ1v) is 7.11. The predicted molar refractivity (Wildman–Crippen MR) is 76.7 cm³/mol. The fourth-order valence-electron chi connectivity index (χ4n) is 2.86. The number of hydrogen-bond donors (Lipinski definition) is 2. The van der Waals surface area contributed by atoms with E-state index < -0.39 is 0 Å². The van der Waals surface area contributed by atoms with Gasteiger partial charge in [-0.05, 0) is 26.4 Å². The van der Waals surface area contributed by atoms with Crippen LogP contribution in [0.2, 0.25) is 0 Å². The summed E-state index contributed by atoms with van der Waals surface area (Å²) in [7, 11) is 2.11. The van der Waals surface area contributed by atoms with Crippen molar-refractivity contribution in [2.24, 2.45) is 0 Å². The van der Waals surface area contributed by atoms with Crippen LogP contribution in [0.3, 0.4) is 0 Å². The fraction of sp³-hybridized carbons (Fsp3) is 0.643. The molecule has 1 amide bonds. The summed E-state index contributed by atoms with van der Waals surface area (Å²) in [4.78, 5) is 31.6. The van der Waals surface area contributed by atoms with Gasteiger partial charge in [0, 0.05) is 18.3 Å². The van der Waals surface area contributed by atoms with Crippen LogP contribution in [0.5, 0.6) is 0 Å². The lowest BCUT2D eigenvalue weighted by molar-refractivity contribution is 0.0869. The average molecular weight is 278 g/mol. The highest BCUT2D eigenvalue weighted by Gasteiger charge is 2.37. The molecule has 1 aromatic rings. The molecule has 20 heavy (non-hydrogen) atoms. The van der Waals surface area contributed by atoms with Gasteiger partial charge in [0.2, 0.25) is 0 Å². The number of hydrogen-bond acceptors (Lipinski definition) is 4. The maximum atomic E-state index is 12.1. The normalized spacial score (nSPS) is 17.4. The second kappa shape index (κ2) is 6.17. The Kier molecular flexibility index (Phi) is 4.54. The van der Waals surface area contributed by atoms with Gasteiger partial charge >= 0.3 is 0 Å². The molecule has 110 valence electrons. The summed E-state index contributed by atoms with van der Waals surface area (Å²) in [6.45, 7) is 3.72. The zero-order chi connectivity index (χ0) is 14.6. The highest BCUT2D eigenvalue weighted by molar-refractivity contribution is 5.91. The minimum absolute atomic E-state index is 0.0621. The molecule has 6 nitrogen and oxygen atoms in total. The minimum Gasteiger partial charge on any atom is -0.349 e. The Morgan fingerprint density at radius 3 is 2.75 bits per heavy atom. The van der Waals surface area contributed by atoms with E-state index >= 15 is 0 Å². The number of carbonyl (C=O) groups excluding carboxylic acids is 1. The van der Waals surface area contributed by atoms with Gasteiger partial charge < -0.3 is 10.3 Å². The molecule has 1 saturated carbocycles. The van der Waals surface area contributed by atoms with Crippen molar-refractivity contribution in [3.05, 3.63) is 28.4 Å². The quantitative estimate of drug-likeness (QED) is 0.833. The van der Waals surface area contributed by atoms with Gasteiger partial charge in [-0.3, -0.25) is 14.5 Å². The topological polar surface area (TPSA) is 78.1 Å². The smallest absolute Gasteiger partial charge is 0.271 e. The number of carbonyl (C=O) groups is 1. The van der Waals surface area contributed by atoms with Crippen molar-refractivity contribution in [2.75, 3.05) is 20.1 Å². The van der Waals surface area contributed by atoms with Crippen LogP contribution in [-0.2, 0) is 0 Å². The van der Waals surface area contributed by atoms with Gasteiger partial charge in [0.05, 0.1) is 6.20 Å². The summed E-state index contributed by atoms with van der Waals surface area (Å²) in [6, 6.07) is 0. The lowest BCUT2D eigenvalue weighted by Crippen LogP contribution is -2.52. The van der Waals surface area contributed by atoms with E-state index in [4.69, 9.17) is 0 Å². The monoisotopic (exact) mass is 278 g/mol. The molecule has 1 aliphatic rings. The molecule has 0 unspecified atom stereocenters. The summed E-state index contributed by atoms with van der Waals surface area (Å²) >= 11 is 0. The number of nitrogens with one attached hydrogen (secondary N) is 2. The zero-order valence-electron chi connectivity index (χ0n) is 12.1. The molecule has 1 fully saturated rings. The summed E-state index contributed by atoms with van der Waals surface area (Å²) in [5.41, 5.74) is 0.00324. The summed E-state index contributed by atoms with van der Waals surface area (Å²) < 4.78 is 0. The van der Waals surface area contributed by atoms with E-state index in [1.165, 1.54) is 19.0 Å². The molecular formula is C14H22N4O2. The minimum atomic E-state index is -0.306. The molecule has 0 bridgehead atoms. The van der Waals surface area contributed by atoms with E-state index in [2.05, 4.69) is 34.2 Å². The van der Waals surface area contributed by atoms with Crippen LogP contribution in [0.4, 0.5) is 0 Å². The van der Waals surface area contributed by atoms with Crippen molar-refractivity contribution in [2.45, 2.75) is 38.1 Å². The molecule has 2 N–H and O–H groups in total. The van der Waals surface area contributed by atoms with Crippen molar-refractivity contribution < 1.29 is 4.79 Å². The molecule has 6 heteroatoms. The summed E-state index contributed by atoms with van der Waals surface area (Å²) in [6.07, 6.45) is 7.10. The van der Waals surface area contributed by atoms with Crippen LogP contribution in [-0.4, -0.2) is 46.5 Å². The van der Waals surface area contributed by atoms with Gasteiger partial charge in [-0.2, -0.15) is 0 Å². The van der Waals surface area contributed by atoms with Gasteiger partial charge in [0.15, 0.2) is 0 Å². The number of rotatable bonds is 5. The van der Waals surface area contributed by atoms with Gasteiger partial charge in [0.25, 0.3) is 11.5 Å². The van der Waals surface area contributed by atoms with E-state index in [1.807, 2.05) is 0 Å². The molecule has 1 aliphatic carbocycles. The lowest BCUT2D eigenvalue weighted by Gasteiger charge is -2.38. The highest BCUT2D eigenvalue weighted by atomic mass is 16.2. The van der Waals surface area contributed by atoms with Crippen LogP contribution in [0, 0.1) is 0 Å². The Morgan fingerprint density at radius 1 is 1.50 bits per heavy atom. The van der Waals surface area contributed by atoms with Gasteiger partial charge in [0.1, 0.15) is 5.69 Å². The Hall–Kier alpha value is -1.69. The van der Waals surface area contributed by atoms with Crippen molar-refractivity contribution in [3.8, 4) is 0 Å². The Labute approximate surface area is 118 Å². The molecule has 0 atom stereocenters. The van der Waals surface area contributed by atoms with E-state index in [-0.39, 0.29) is 22.7 Å². The molecule has 0 spiro atoms. The largest absolute Gasteiger partial charge is 0.349 e. The number of nitrogens with zero attached hydrogens (tertiary/aromatic N) is 2. The number of amides is 1. The maximum Gasteiger partial charge on any atom is 0.271 e. The van der Waals surface area contributed by atoms with Crippen LogP contribution in [0.25, 0.3) is 0 Å². The van der Waals surface area contributed by atoms with Gasteiger partial charge in [-0.15, -0.1) is 0 Å². The summed E-state index contributed by atoms with van der Waals surface area (Å²) in [5.74, 6) is -0.239. The highest BCUT2D eigenvalue weighted by Crippen LogP contribution is 2.33. The number of aromatic amines is 1. The second-order valence-corrected chi connectivity index (χ2v) is 5.42. The van der Waals surface area contributed by atoms with Crippen molar-refractivity contribution in [3.63, 3.8) is 0 Å². The predicted octanol–water partition coefficient (Wildman–Crippen LogP) is 0.764. The van der Waals surface area contributed by atoms with Crippen LogP contribution in [0.1, 0.15) is 43.1 Å². The van der Waals surface area contributed by atoms with Gasteiger partial charge in [-0.25, -0.2) is 4.98 Å². The number of likely N-dealkylation sites (N-methyl/N-ethyl adjacent to an activating group) is 1. The van der Waals surface area contributed by atoms with Crippen molar-refractivity contribution in [1.82, 2.24) is 20.2 Å². The van der Waals surface area contributed by atoms with E-state index in [0.29, 0.717) is 6.54 Å². The third-order valence-electron chi connectivity index (χ3n) is 4.30. The first-order chi connectivity index (χ1) is 9.57. The molecule has 1 aromatic heterocycles. The van der Waals surface area contributed by atoms with E-state index in [0.717, 1.165) is 25.6 Å². The zero-order valence-corrected chi connectivity index (χ0v) is 12.1. The van der Waals surface area contributed by atoms with Crippen LogP contribution in [0.15, 0.2) is 17.2 Å². The molecular weight excluding hydrogens is 256 g/mol. The second-order valence-electron chi connectivity index (χ2n) is 5.42. The van der Waals surface area contributed by atoms with Crippen LogP contribution < -0.4 is 10.9 Å². The summed E-state index contributed by atoms with van der Waals surface area (Å²) in [5, 5.41) is 2.95. The van der Waals surface area contributed by atoms with E-state index in [1.54, 1.807) is 0 Å². The Bertz CT molecular complexity index is 500. The van der Waals surface area contributed by atoms with Crippen molar-refractivity contribution >= 4 is 5.91 Å². The number of H-pyrrole nitrogens is 1. The van der Waals surface area contributed by atoms with Crippen LogP contribution >= 0.6 is 0 Å². The molecule has 0 aliphatic heterocycles. The maximum absolute atomic E-state index is 12.1. The number of aromatic nitrogens is 2. The van der Waals surface area contributed by atoms with E-state index in [9.17, 15) is 9.59 Å². The third kappa shape index (κ3) is 3.07. The molecule has 1 heterocycles. The van der Waals surface area contributed by atoms with Crippen molar-refractivity contribution in [1.29, 1.82) is 0 Å². The third-order valence-corrected chi connectivity index (χ3v) is 4.30. The SMILES string of the molecule is CCN(C)C1(CNC(=O)c2c[nH]c(=O)cn2)CCCC1. The fourth-order valence-corrected chi connectivity index (χ4v) is 2.86. The molecule has 0 saturated heterocycles. The standard InChI is InChI=1S/C14H22N4O2/c1-3-18(2)14(6-4-5-7-14)10-17-13(20)11-8-16-12(19)9-15-11/h8-9H,3-7,10H2,1-2H3,(H,16,19)(H,17,20). The molecule has 0 radical (unpaired) electrons. The lowest BCUT2D eigenvalue weighted by atomic mass is 9.95. The van der Waals surface area contributed by atoms with Gasteiger partial charge in [-0.1, -0.05) is 19.8 Å². The Morgan fingerprint density at radius 2 is 2.20 bits per heavy atom.